The van der Waals surface area contributed by atoms with Crippen molar-refractivity contribution in [1.29, 1.82) is 0 Å². The first-order valence-electron chi connectivity index (χ1n) is 4.77. The molecule has 0 aliphatic carbocycles. The number of nitrogens with one attached hydrogen (secondary N) is 1. The topological polar surface area (TPSA) is 12.0 Å². The summed E-state index contributed by atoms with van der Waals surface area (Å²) in [5, 5.41) is 4.33. The third-order valence-corrected chi connectivity index (χ3v) is 2.62. The predicted octanol–water partition coefficient (Wildman–Crippen LogP) is 4.30. The van der Waals surface area contributed by atoms with Gasteiger partial charge in [0, 0.05) is 6.04 Å². The molecule has 1 rings (SSSR count). The lowest BCUT2D eigenvalue weighted by atomic mass is 10.1. The zero-order valence-corrected chi connectivity index (χ0v) is 10.6. The van der Waals surface area contributed by atoms with Gasteiger partial charge in [0.05, 0.1) is 10.0 Å². The minimum Gasteiger partial charge on any atom is -0.313 e. The molecule has 1 nitrogen and oxygen atoms in total. The van der Waals surface area contributed by atoms with Gasteiger partial charge >= 0.3 is 0 Å². The van der Waals surface area contributed by atoms with Crippen molar-refractivity contribution < 1.29 is 0 Å². The van der Waals surface area contributed by atoms with Crippen LogP contribution in [0.2, 0.25) is 10.0 Å². The predicted molar refractivity (Wildman–Crippen MR) is 65.3 cm³/mol. The number of benzene rings is 1. The smallest absolute Gasteiger partial charge is 0.0595 e. The van der Waals surface area contributed by atoms with Gasteiger partial charge in [0.25, 0.3) is 0 Å². The number of hydrogen-bond acceptors (Lipinski definition) is 1. The van der Waals surface area contributed by atoms with Crippen LogP contribution in [0.15, 0.2) is 18.2 Å². The molecule has 1 aromatic carbocycles. The van der Waals surface area contributed by atoms with Crippen LogP contribution in [0, 0.1) is 0 Å². The summed E-state index contributed by atoms with van der Waals surface area (Å²) in [6, 6.07) is 5.97. The van der Waals surface area contributed by atoms with E-state index in [0.29, 0.717) is 16.1 Å². The summed E-state index contributed by atoms with van der Waals surface area (Å²) in [6.45, 7) is 6.07. The molecule has 0 fully saturated rings. The summed E-state index contributed by atoms with van der Waals surface area (Å²) in [7, 11) is 1.91. The molecule has 0 radical (unpaired) electrons. The van der Waals surface area contributed by atoms with Crippen molar-refractivity contribution in [3.8, 4) is 0 Å². The molecule has 0 aliphatic heterocycles. The van der Waals surface area contributed by atoms with Crippen molar-refractivity contribution >= 4 is 23.2 Å². The van der Waals surface area contributed by atoms with Crippen LogP contribution >= 0.6 is 23.2 Å². The maximum Gasteiger partial charge on any atom is 0.0595 e. The first kappa shape index (κ1) is 13.8. The number of halogens is 2. The molecule has 1 aromatic rings. The molecule has 0 bridgehead atoms. The van der Waals surface area contributed by atoms with E-state index in [1.165, 1.54) is 0 Å². The Labute approximate surface area is 96.4 Å². The summed E-state index contributed by atoms with van der Waals surface area (Å²) in [6.07, 6.45) is 0. The molecule has 1 atom stereocenters. The van der Waals surface area contributed by atoms with Crippen LogP contribution in [0.1, 0.15) is 32.4 Å². The zero-order chi connectivity index (χ0) is 11.1. The lowest BCUT2D eigenvalue weighted by Crippen LogP contribution is -2.11. The van der Waals surface area contributed by atoms with E-state index in [9.17, 15) is 0 Å². The lowest BCUT2D eigenvalue weighted by Gasteiger charge is -2.10. The van der Waals surface area contributed by atoms with Crippen molar-refractivity contribution in [2.75, 3.05) is 7.05 Å². The first-order chi connectivity index (χ1) is 6.65. The van der Waals surface area contributed by atoms with Crippen molar-refractivity contribution in [1.82, 2.24) is 5.32 Å². The quantitative estimate of drug-likeness (QED) is 0.804. The highest BCUT2D eigenvalue weighted by Crippen LogP contribution is 2.25. The fraction of sp³-hybridized carbons (Fsp3) is 0.455. The molecule has 0 heterocycles. The molecule has 1 N–H and O–H groups in total. The molecule has 1 unspecified atom stereocenters. The minimum absolute atomic E-state index is 0.305. The van der Waals surface area contributed by atoms with Crippen LogP contribution in [0.3, 0.4) is 0 Å². The molecular formula is C11H17Cl2N. The van der Waals surface area contributed by atoms with E-state index in [2.05, 4.69) is 12.2 Å². The van der Waals surface area contributed by atoms with Gasteiger partial charge in [-0.1, -0.05) is 43.1 Å². The Kier molecular flexibility index (Phi) is 6.98. The maximum absolute atomic E-state index is 5.86. The third-order valence-electron chi connectivity index (χ3n) is 1.88. The van der Waals surface area contributed by atoms with Crippen LogP contribution in [0.5, 0.6) is 0 Å². The molecule has 3 heteroatoms. The van der Waals surface area contributed by atoms with Gasteiger partial charge in [-0.2, -0.15) is 0 Å². The molecule has 0 saturated heterocycles. The Morgan fingerprint density at radius 1 is 1.14 bits per heavy atom. The Bertz CT molecular complexity index is 274. The monoisotopic (exact) mass is 233 g/mol. The highest BCUT2D eigenvalue weighted by atomic mass is 35.5. The van der Waals surface area contributed by atoms with E-state index in [4.69, 9.17) is 23.2 Å². The average Bonchev–Trinajstić information content (AvgIpc) is 2.24. The first-order valence-corrected chi connectivity index (χ1v) is 5.53. The standard InChI is InChI=1S/C9H11Cl2N.C2H6/c1-6(12-2)7-3-4-8(10)9(11)5-7;1-2/h3-6,12H,1-2H3;1-2H3. The summed E-state index contributed by atoms with van der Waals surface area (Å²) in [4.78, 5) is 0. The fourth-order valence-electron chi connectivity index (χ4n) is 0.948. The maximum atomic E-state index is 5.86. The van der Waals surface area contributed by atoms with Gasteiger partial charge in [-0.3, -0.25) is 0 Å². The van der Waals surface area contributed by atoms with Crippen molar-refractivity contribution in [3.63, 3.8) is 0 Å². The van der Waals surface area contributed by atoms with Crippen LogP contribution in [0.25, 0.3) is 0 Å². The SMILES string of the molecule is CC.CNC(C)c1ccc(Cl)c(Cl)c1. The van der Waals surface area contributed by atoms with Crippen molar-refractivity contribution in [2.45, 2.75) is 26.8 Å². The largest absolute Gasteiger partial charge is 0.313 e. The summed E-state index contributed by atoms with van der Waals surface area (Å²) in [5.74, 6) is 0. The number of hydrogen-bond donors (Lipinski definition) is 1. The van der Waals surface area contributed by atoms with Gasteiger partial charge in [0.2, 0.25) is 0 Å². The third kappa shape index (κ3) is 3.87. The van der Waals surface area contributed by atoms with Crippen LogP contribution < -0.4 is 5.32 Å². The Morgan fingerprint density at radius 2 is 1.71 bits per heavy atom. The molecule has 0 aromatic heterocycles. The van der Waals surface area contributed by atoms with E-state index in [-0.39, 0.29) is 0 Å². The van der Waals surface area contributed by atoms with Gasteiger partial charge in [-0.25, -0.2) is 0 Å². The molecule has 0 amide bonds. The van der Waals surface area contributed by atoms with Gasteiger partial charge in [-0.15, -0.1) is 0 Å². The summed E-state index contributed by atoms with van der Waals surface area (Å²) < 4.78 is 0. The van der Waals surface area contributed by atoms with E-state index in [1.54, 1.807) is 0 Å². The molecule has 0 aliphatic rings. The summed E-state index contributed by atoms with van der Waals surface area (Å²) in [5.41, 5.74) is 1.15. The zero-order valence-electron chi connectivity index (χ0n) is 9.07. The molecule has 14 heavy (non-hydrogen) atoms. The minimum atomic E-state index is 0.305. The fourth-order valence-corrected chi connectivity index (χ4v) is 1.25. The second-order valence-electron chi connectivity index (χ2n) is 2.68. The highest BCUT2D eigenvalue weighted by molar-refractivity contribution is 6.42. The van der Waals surface area contributed by atoms with Crippen LogP contribution in [-0.4, -0.2) is 7.05 Å². The van der Waals surface area contributed by atoms with Crippen LogP contribution in [-0.2, 0) is 0 Å². The summed E-state index contributed by atoms with van der Waals surface area (Å²) >= 11 is 11.6. The van der Waals surface area contributed by atoms with Crippen LogP contribution in [0.4, 0.5) is 0 Å². The van der Waals surface area contributed by atoms with Gasteiger partial charge in [0.15, 0.2) is 0 Å². The average molecular weight is 234 g/mol. The molecular weight excluding hydrogens is 217 g/mol. The Balaban J connectivity index is 0.000000791. The second-order valence-corrected chi connectivity index (χ2v) is 3.50. The normalized spacial score (nSPS) is 11.6. The van der Waals surface area contributed by atoms with Gasteiger partial charge in [-0.05, 0) is 31.7 Å². The molecule has 0 spiro atoms. The van der Waals surface area contributed by atoms with Gasteiger partial charge < -0.3 is 5.32 Å². The van der Waals surface area contributed by atoms with E-state index in [0.717, 1.165) is 5.56 Å². The second kappa shape index (κ2) is 7.10. The molecule has 0 saturated carbocycles. The molecule has 80 valence electrons. The van der Waals surface area contributed by atoms with E-state index >= 15 is 0 Å². The van der Waals surface area contributed by atoms with E-state index < -0.39 is 0 Å². The Morgan fingerprint density at radius 3 is 2.14 bits per heavy atom. The van der Waals surface area contributed by atoms with E-state index in [1.807, 2.05) is 39.1 Å². The Hall–Kier alpha value is -0.240. The number of rotatable bonds is 2. The van der Waals surface area contributed by atoms with Crippen molar-refractivity contribution in [2.24, 2.45) is 0 Å². The lowest BCUT2D eigenvalue weighted by molar-refractivity contribution is 0.652. The highest BCUT2D eigenvalue weighted by Gasteiger charge is 2.04. The van der Waals surface area contributed by atoms with Gasteiger partial charge in [0.1, 0.15) is 0 Å². The van der Waals surface area contributed by atoms with Crippen molar-refractivity contribution in [3.05, 3.63) is 33.8 Å².